The van der Waals surface area contributed by atoms with Crippen LogP contribution in [0.5, 0.6) is 17.2 Å². The van der Waals surface area contributed by atoms with Gasteiger partial charge in [0.05, 0.1) is 5.56 Å². The third-order valence-electron chi connectivity index (χ3n) is 3.41. The van der Waals surface area contributed by atoms with Gasteiger partial charge in [0.15, 0.2) is 17.3 Å². The SMILES string of the molecule is Cc1ccc(C(=O)C=Cc2ccc3c(c2)OCCO3)c(O)c1. The van der Waals surface area contributed by atoms with Crippen molar-refractivity contribution in [3.05, 3.63) is 59.2 Å². The molecule has 112 valence electrons. The van der Waals surface area contributed by atoms with Crippen LogP contribution in [0.15, 0.2) is 42.5 Å². The Morgan fingerprint density at radius 1 is 1.09 bits per heavy atom. The van der Waals surface area contributed by atoms with E-state index in [0.29, 0.717) is 30.3 Å². The Bertz CT molecular complexity index is 747. The Labute approximate surface area is 128 Å². The maximum atomic E-state index is 12.1. The Morgan fingerprint density at radius 2 is 1.86 bits per heavy atom. The van der Waals surface area contributed by atoms with E-state index < -0.39 is 0 Å². The lowest BCUT2D eigenvalue weighted by Crippen LogP contribution is -2.15. The van der Waals surface area contributed by atoms with Crippen LogP contribution in [0.3, 0.4) is 0 Å². The molecule has 0 amide bonds. The molecule has 1 aliphatic rings. The Kier molecular flexibility index (Phi) is 3.83. The van der Waals surface area contributed by atoms with Gasteiger partial charge >= 0.3 is 0 Å². The van der Waals surface area contributed by atoms with E-state index in [0.717, 1.165) is 11.1 Å². The molecule has 4 heteroatoms. The van der Waals surface area contributed by atoms with Gasteiger partial charge in [0.25, 0.3) is 0 Å². The second-order valence-corrected chi connectivity index (χ2v) is 5.12. The third kappa shape index (κ3) is 2.96. The van der Waals surface area contributed by atoms with Gasteiger partial charge in [0.2, 0.25) is 0 Å². The van der Waals surface area contributed by atoms with Crippen LogP contribution in [0.2, 0.25) is 0 Å². The minimum absolute atomic E-state index is 0.00294. The van der Waals surface area contributed by atoms with Crippen LogP contribution in [0, 0.1) is 6.92 Å². The van der Waals surface area contributed by atoms with Crippen LogP contribution >= 0.6 is 0 Å². The van der Waals surface area contributed by atoms with E-state index in [2.05, 4.69) is 0 Å². The van der Waals surface area contributed by atoms with E-state index in [1.165, 1.54) is 6.08 Å². The predicted molar refractivity (Wildman–Crippen MR) is 83.6 cm³/mol. The summed E-state index contributed by atoms with van der Waals surface area (Å²) in [5.74, 6) is 1.15. The van der Waals surface area contributed by atoms with Crippen molar-refractivity contribution >= 4 is 11.9 Å². The lowest BCUT2D eigenvalue weighted by atomic mass is 10.1. The van der Waals surface area contributed by atoms with Gasteiger partial charge in [-0.3, -0.25) is 4.79 Å². The molecule has 0 spiro atoms. The molecular weight excluding hydrogens is 280 g/mol. The smallest absolute Gasteiger partial charge is 0.189 e. The predicted octanol–water partition coefficient (Wildman–Crippen LogP) is 3.37. The number of ketones is 1. The summed E-state index contributed by atoms with van der Waals surface area (Å²) in [4.78, 5) is 12.1. The van der Waals surface area contributed by atoms with Gasteiger partial charge < -0.3 is 14.6 Å². The summed E-state index contributed by atoms with van der Waals surface area (Å²) in [7, 11) is 0. The van der Waals surface area contributed by atoms with Crippen molar-refractivity contribution in [1.29, 1.82) is 0 Å². The van der Waals surface area contributed by atoms with Gasteiger partial charge in [-0.2, -0.15) is 0 Å². The van der Waals surface area contributed by atoms with Crippen molar-refractivity contribution in [2.45, 2.75) is 6.92 Å². The molecule has 22 heavy (non-hydrogen) atoms. The van der Waals surface area contributed by atoms with E-state index in [1.807, 2.05) is 25.1 Å². The largest absolute Gasteiger partial charge is 0.507 e. The van der Waals surface area contributed by atoms with Gasteiger partial charge in [-0.1, -0.05) is 18.2 Å². The van der Waals surface area contributed by atoms with Crippen LogP contribution in [-0.2, 0) is 0 Å². The van der Waals surface area contributed by atoms with Gasteiger partial charge in [0, 0.05) is 0 Å². The van der Waals surface area contributed by atoms with Crippen LogP contribution in [0.4, 0.5) is 0 Å². The molecule has 0 radical (unpaired) electrons. The summed E-state index contributed by atoms with van der Waals surface area (Å²) >= 11 is 0. The second kappa shape index (κ2) is 5.93. The number of phenols is 1. The number of ether oxygens (including phenoxy) is 2. The molecule has 0 unspecified atom stereocenters. The number of aryl methyl sites for hydroxylation is 1. The maximum Gasteiger partial charge on any atom is 0.189 e. The summed E-state index contributed by atoms with van der Waals surface area (Å²) in [6.07, 6.45) is 3.13. The van der Waals surface area contributed by atoms with Crippen molar-refractivity contribution in [1.82, 2.24) is 0 Å². The zero-order valence-electron chi connectivity index (χ0n) is 12.2. The Morgan fingerprint density at radius 3 is 2.64 bits per heavy atom. The number of phenolic OH excluding ortho intramolecular Hbond substituents is 1. The highest BCUT2D eigenvalue weighted by atomic mass is 16.6. The lowest BCUT2D eigenvalue weighted by molar-refractivity contribution is 0.104. The highest BCUT2D eigenvalue weighted by Gasteiger charge is 2.11. The van der Waals surface area contributed by atoms with Gasteiger partial charge in [-0.25, -0.2) is 0 Å². The molecule has 2 aromatic rings. The normalized spacial score (nSPS) is 13.3. The molecule has 1 aliphatic heterocycles. The molecule has 0 fully saturated rings. The highest BCUT2D eigenvalue weighted by Crippen LogP contribution is 2.31. The summed E-state index contributed by atoms with van der Waals surface area (Å²) < 4.78 is 11.0. The molecule has 0 aliphatic carbocycles. The first-order valence-corrected chi connectivity index (χ1v) is 7.05. The van der Waals surface area contributed by atoms with Gasteiger partial charge in [0.1, 0.15) is 19.0 Å². The molecule has 0 saturated carbocycles. The third-order valence-corrected chi connectivity index (χ3v) is 3.41. The molecular formula is C18H16O4. The lowest BCUT2D eigenvalue weighted by Gasteiger charge is -2.18. The monoisotopic (exact) mass is 296 g/mol. The number of rotatable bonds is 3. The molecule has 0 atom stereocenters. The molecule has 1 N–H and O–H groups in total. The number of benzene rings is 2. The van der Waals surface area contributed by atoms with Crippen LogP contribution in [-0.4, -0.2) is 24.1 Å². The number of hydrogen-bond acceptors (Lipinski definition) is 4. The number of carbonyl (C=O) groups is 1. The number of allylic oxidation sites excluding steroid dienone is 1. The Balaban J connectivity index is 1.80. The highest BCUT2D eigenvalue weighted by molar-refractivity contribution is 6.08. The second-order valence-electron chi connectivity index (χ2n) is 5.12. The zero-order chi connectivity index (χ0) is 15.5. The molecule has 0 aromatic heterocycles. The van der Waals surface area contributed by atoms with E-state index in [9.17, 15) is 9.90 Å². The summed E-state index contributed by atoms with van der Waals surface area (Å²) in [5.41, 5.74) is 2.04. The number of fused-ring (bicyclic) bond motifs is 1. The molecule has 0 bridgehead atoms. The van der Waals surface area contributed by atoms with Crippen LogP contribution < -0.4 is 9.47 Å². The standard InChI is InChI=1S/C18H16O4/c1-12-2-5-14(16(20)10-12)15(19)6-3-13-4-7-17-18(11-13)22-9-8-21-17/h2-7,10-11,20H,8-9H2,1H3. The number of carbonyl (C=O) groups excluding carboxylic acids is 1. The van der Waals surface area contributed by atoms with Crippen molar-refractivity contribution in [2.75, 3.05) is 13.2 Å². The fourth-order valence-electron chi connectivity index (χ4n) is 2.28. The van der Waals surface area contributed by atoms with Crippen LogP contribution in [0.1, 0.15) is 21.5 Å². The van der Waals surface area contributed by atoms with Crippen molar-refractivity contribution in [3.63, 3.8) is 0 Å². The summed E-state index contributed by atoms with van der Waals surface area (Å²) in [6, 6.07) is 10.5. The minimum atomic E-state index is -0.243. The molecule has 0 saturated heterocycles. The maximum absolute atomic E-state index is 12.1. The van der Waals surface area contributed by atoms with E-state index in [-0.39, 0.29) is 11.5 Å². The summed E-state index contributed by atoms with van der Waals surface area (Å²) in [6.45, 7) is 2.93. The first-order chi connectivity index (χ1) is 10.6. The number of hydrogen-bond donors (Lipinski definition) is 1. The molecule has 2 aromatic carbocycles. The molecule has 4 nitrogen and oxygen atoms in total. The fourth-order valence-corrected chi connectivity index (χ4v) is 2.28. The molecule has 3 rings (SSSR count). The van der Waals surface area contributed by atoms with Crippen LogP contribution in [0.25, 0.3) is 6.08 Å². The molecule has 1 heterocycles. The van der Waals surface area contributed by atoms with E-state index in [1.54, 1.807) is 24.3 Å². The van der Waals surface area contributed by atoms with E-state index >= 15 is 0 Å². The van der Waals surface area contributed by atoms with Crippen molar-refractivity contribution in [3.8, 4) is 17.2 Å². The average Bonchev–Trinajstić information content (AvgIpc) is 2.52. The fraction of sp³-hybridized carbons (Fsp3) is 0.167. The zero-order valence-corrected chi connectivity index (χ0v) is 12.2. The quantitative estimate of drug-likeness (QED) is 0.697. The Hall–Kier alpha value is -2.75. The van der Waals surface area contributed by atoms with Gasteiger partial charge in [-0.15, -0.1) is 0 Å². The van der Waals surface area contributed by atoms with Gasteiger partial charge in [-0.05, 0) is 48.4 Å². The first-order valence-electron chi connectivity index (χ1n) is 7.05. The number of aromatic hydroxyl groups is 1. The van der Waals surface area contributed by atoms with E-state index in [4.69, 9.17) is 9.47 Å². The average molecular weight is 296 g/mol. The topological polar surface area (TPSA) is 55.8 Å². The summed E-state index contributed by atoms with van der Waals surface area (Å²) in [5, 5.41) is 9.83. The minimum Gasteiger partial charge on any atom is -0.507 e. The van der Waals surface area contributed by atoms with Crippen molar-refractivity contribution < 1.29 is 19.4 Å². The first kappa shape index (κ1) is 14.2. The van der Waals surface area contributed by atoms with Crippen molar-refractivity contribution in [2.24, 2.45) is 0 Å².